The Hall–Kier alpha value is -2.43. The molecular weight excluding hydrogens is 380 g/mol. The monoisotopic (exact) mass is 406 g/mol. The van der Waals surface area contributed by atoms with Crippen molar-refractivity contribution in [2.75, 3.05) is 43.4 Å². The molecule has 1 aromatic carbocycles. The van der Waals surface area contributed by atoms with Gasteiger partial charge < -0.3 is 10.2 Å². The van der Waals surface area contributed by atoms with Crippen LogP contribution in [0.25, 0.3) is 0 Å². The average molecular weight is 407 g/mol. The summed E-state index contributed by atoms with van der Waals surface area (Å²) in [5, 5.41) is 3.27. The highest BCUT2D eigenvalue weighted by Gasteiger charge is 2.26. The van der Waals surface area contributed by atoms with Crippen molar-refractivity contribution in [1.82, 2.24) is 14.9 Å². The van der Waals surface area contributed by atoms with E-state index in [-0.39, 0.29) is 4.90 Å². The van der Waals surface area contributed by atoms with Crippen molar-refractivity contribution in [2.24, 2.45) is 0 Å². The van der Waals surface area contributed by atoms with Crippen LogP contribution in [0.1, 0.15) is 30.9 Å². The summed E-state index contributed by atoms with van der Waals surface area (Å²) in [5.74, 6) is 1.71. The zero-order valence-corrected chi connectivity index (χ0v) is 16.8. The summed E-state index contributed by atoms with van der Waals surface area (Å²) < 4.78 is 31.2. The summed E-state index contributed by atoms with van der Waals surface area (Å²) in [4.78, 5) is 11.1. The van der Waals surface area contributed by atoms with Crippen LogP contribution in [0.2, 0.25) is 0 Å². The zero-order valence-electron chi connectivity index (χ0n) is 16.0. The van der Waals surface area contributed by atoms with Crippen molar-refractivity contribution in [2.45, 2.75) is 30.1 Å². The highest BCUT2D eigenvalue weighted by molar-refractivity contribution is 7.85. The number of hydrazine groups is 1. The summed E-state index contributed by atoms with van der Waals surface area (Å²) in [7, 11) is -0.113. The molecule has 1 saturated carbocycles. The topological polar surface area (TPSA) is 119 Å². The summed E-state index contributed by atoms with van der Waals surface area (Å²) in [6, 6.07) is 7.68. The fourth-order valence-corrected chi connectivity index (χ4v) is 3.12. The lowest BCUT2D eigenvalue weighted by Crippen LogP contribution is -2.18. The predicted octanol–water partition coefficient (Wildman–Crippen LogP) is 2.40. The average Bonchev–Trinajstić information content (AvgIpc) is 3.48. The minimum atomic E-state index is -4.20. The molecular formula is C18H26N6O3S. The van der Waals surface area contributed by atoms with E-state index in [0.29, 0.717) is 23.4 Å². The maximum atomic E-state index is 11.1. The number of hydrogen-bond donors (Lipinski definition) is 4. The molecule has 1 heterocycles. The molecule has 0 spiro atoms. The van der Waals surface area contributed by atoms with E-state index in [1.165, 1.54) is 12.1 Å². The fraction of sp³-hybridized carbons (Fsp3) is 0.444. The number of benzene rings is 1. The molecule has 0 bridgehead atoms. The normalized spacial score (nSPS) is 14.1. The number of nitrogens with zero attached hydrogens (tertiary/aromatic N) is 3. The molecule has 0 aliphatic heterocycles. The first-order chi connectivity index (χ1) is 13.3. The SMILES string of the molecule is CN(C)CCCNc1nc(NNc2ccc(S(=O)(=O)O)cc2)cc(C2CC2)n1. The van der Waals surface area contributed by atoms with Crippen LogP contribution in [-0.4, -0.2) is 55.0 Å². The zero-order chi connectivity index (χ0) is 20.1. The van der Waals surface area contributed by atoms with Crippen LogP contribution in [0.3, 0.4) is 0 Å². The molecule has 1 aliphatic rings. The van der Waals surface area contributed by atoms with E-state index in [0.717, 1.165) is 38.0 Å². The molecule has 0 radical (unpaired) electrons. The van der Waals surface area contributed by atoms with Crippen LogP contribution in [0, 0.1) is 0 Å². The fourth-order valence-electron chi connectivity index (χ4n) is 2.64. The van der Waals surface area contributed by atoms with Crippen LogP contribution in [0.5, 0.6) is 0 Å². The first kappa shape index (κ1) is 20.3. The third kappa shape index (κ3) is 6.04. The molecule has 0 atom stereocenters. The molecule has 1 aromatic heterocycles. The van der Waals surface area contributed by atoms with Crippen molar-refractivity contribution in [3.63, 3.8) is 0 Å². The molecule has 0 amide bonds. The minimum absolute atomic E-state index is 0.152. The van der Waals surface area contributed by atoms with Gasteiger partial charge in [-0.05, 0) is 64.2 Å². The number of nitrogens with one attached hydrogen (secondary N) is 3. The van der Waals surface area contributed by atoms with E-state index in [1.807, 2.05) is 20.2 Å². The lowest BCUT2D eigenvalue weighted by molar-refractivity contribution is 0.405. The van der Waals surface area contributed by atoms with Gasteiger partial charge in [-0.15, -0.1) is 0 Å². The van der Waals surface area contributed by atoms with Crippen LogP contribution >= 0.6 is 0 Å². The van der Waals surface area contributed by atoms with E-state index in [9.17, 15) is 8.42 Å². The van der Waals surface area contributed by atoms with E-state index < -0.39 is 10.1 Å². The van der Waals surface area contributed by atoms with Crippen molar-refractivity contribution >= 4 is 27.6 Å². The third-order valence-corrected chi connectivity index (χ3v) is 5.16. The molecule has 152 valence electrons. The molecule has 0 saturated heterocycles. The van der Waals surface area contributed by atoms with Gasteiger partial charge in [0.2, 0.25) is 5.95 Å². The van der Waals surface area contributed by atoms with Gasteiger partial charge in [0.15, 0.2) is 0 Å². The summed E-state index contributed by atoms with van der Waals surface area (Å²) in [5.41, 5.74) is 7.66. The van der Waals surface area contributed by atoms with Crippen LogP contribution in [-0.2, 0) is 10.1 Å². The van der Waals surface area contributed by atoms with Crippen LogP contribution in [0.15, 0.2) is 35.2 Å². The van der Waals surface area contributed by atoms with Crippen molar-refractivity contribution in [1.29, 1.82) is 0 Å². The number of aromatic nitrogens is 2. The molecule has 3 rings (SSSR count). The second-order valence-electron chi connectivity index (χ2n) is 7.11. The van der Waals surface area contributed by atoms with Crippen molar-refractivity contribution in [3.05, 3.63) is 36.0 Å². The lowest BCUT2D eigenvalue weighted by Gasteiger charge is -2.13. The van der Waals surface area contributed by atoms with Gasteiger partial charge in [-0.25, -0.2) is 4.98 Å². The highest BCUT2D eigenvalue weighted by Crippen LogP contribution is 2.39. The smallest absolute Gasteiger partial charge is 0.294 e. The minimum Gasteiger partial charge on any atom is -0.354 e. The van der Waals surface area contributed by atoms with E-state index >= 15 is 0 Å². The van der Waals surface area contributed by atoms with Gasteiger partial charge in [0.1, 0.15) is 5.82 Å². The molecule has 9 nitrogen and oxygen atoms in total. The van der Waals surface area contributed by atoms with Crippen molar-refractivity contribution in [3.8, 4) is 0 Å². The number of hydrogen-bond acceptors (Lipinski definition) is 8. The molecule has 2 aromatic rings. The molecule has 0 unspecified atom stereocenters. The Bertz CT molecular complexity index is 898. The van der Waals surface area contributed by atoms with Gasteiger partial charge in [-0.1, -0.05) is 0 Å². The van der Waals surface area contributed by atoms with Crippen molar-refractivity contribution < 1.29 is 13.0 Å². The standard InChI is InChI=1S/C18H26N6O3S/c1-24(2)11-3-10-19-18-20-16(13-4-5-13)12-17(21-18)23-22-14-6-8-15(9-7-14)28(25,26)27/h6-9,12-13,22H,3-5,10-11H2,1-2H3,(H,25,26,27)(H2,19,20,21,23). The Morgan fingerprint density at radius 3 is 2.46 bits per heavy atom. The molecule has 28 heavy (non-hydrogen) atoms. The quantitative estimate of drug-likeness (QED) is 0.268. The van der Waals surface area contributed by atoms with Crippen LogP contribution < -0.4 is 16.2 Å². The predicted molar refractivity (Wildman–Crippen MR) is 109 cm³/mol. The first-order valence-electron chi connectivity index (χ1n) is 9.18. The molecule has 1 fully saturated rings. The van der Waals surface area contributed by atoms with Gasteiger partial charge in [-0.3, -0.25) is 15.4 Å². The third-order valence-electron chi connectivity index (χ3n) is 4.29. The number of rotatable bonds is 10. The van der Waals surface area contributed by atoms with Crippen LogP contribution in [0.4, 0.5) is 17.5 Å². The maximum Gasteiger partial charge on any atom is 0.294 e. The number of anilines is 3. The van der Waals surface area contributed by atoms with Gasteiger partial charge in [0.05, 0.1) is 16.3 Å². The van der Waals surface area contributed by atoms with E-state index in [2.05, 4.69) is 31.0 Å². The Balaban J connectivity index is 1.63. The molecule has 4 N–H and O–H groups in total. The lowest BCUT2D eigenvalue weighted by atomic mass is 10.3. The second-order valence-corrected chi connectivity index (χ2v) is 8.53. The van der Waals surface area contributed by atoms with E-state index in [4.69, 9.17) is 4.55 Å². The largest absolute Gasteiger partial charge is 0.354 e. The molecule has 10 heteroatoms. The summed E-state index contributed by atoms with van der Waals surface area (Å²) in [6.45, 7) is 1.78. The first-order valence-corrected chi connectivity index (χ1v) is 10.6. The van der Waals surface area contributed by atoms with Gasteiger partial charge >= 0.3 is 0 Å². The molecule has 1 aliphatic carbocycles. The second kappa shape index (κ2) is 8.72. The Kier molecular flexibility index (Phi) is 6.32. The Labute approximate surface area is 165 Å². The highest BCUT2D eigenvalue weighted by atomic mass is 32.2. The maximum absolute atomic E-state index is 11.1. The van der Waals surface area contributed by atoms with Gasteiger partial charge in [0.25, 0.3) is 10.1 Å². The van der Waals surface area contributed by atoms with Gasteiger partial charge in [0, 0.05) is 18.5 Å². The summed E-state index contributed by atoms with van der Waals surface area (Å²) >= 11 is 0. The summed E-state index contributed by atoms with van der Waals surface area (Å²) in [6.07, 6.45) is 3.27. The Morgan fingerprint density at radius 1 is 1.14 bits per heavy atom. The van der Waals surface area contributed by atoms with E-state index in [1.54, 1.807) is 12.1 Å². The Morgan fingerprint density at radius 2 is 1.86 bits per heavy atom. The van der Waals surface area contributed by atoms with Gasteiger partial charge in [-0.2, -0.15) is 13.4 Å².